The molecule has 3 atom stereocenters. The molecule has 3 rings (SSSR count). The Bertz CT molecular complexity index is 323. The van der Waals surface area contributed by atoms with Gasteiger partial charge in [0, 0.05) is 18.3 Å². The first-order valence-corrected chi connectivity index (χ1v) is 5.92. The topological polar surface area (TPSA) is 43.4 Å². The number of hydrogen-bond acceptors (Lipinski definition) is 3. The number of hydrogen-bond donors (Lipinski definition) is 0. The van der Waals surface area contributed by atoms with Crippen LogP contribution in [0.3, 0.4) is 0 Å². The maximum absolute atomic E-state index is 11.5. The summed E-state index contributed by atoms with van der Waals surface area (Å²) in [6.45, 7) is 0. The second-order valence-electron chi connectivity index (χ2n) is 5.26. The molecule has 0 aromatic carbocycles. The maximum Gasteiger partial charge on any atom is 0.306 e. The Morgan fingerprint density at radius 3 is 3.00 bits per heavy atom. The summed E-state index contributed by atoms with van der Waals surface area (Å²) in [5.74, 6) is 0.760. The van der Waals surface area contributed by atoms with Crippen LogP contribution in [-0.2, 0) is 14.3 Å². The van der Waals surface area contributed by atoms with Gasteiger partial charge in [-0.2, -0.15) is 0 Å². The van der Waals surface area contributed by atoms with Crippen molar-refractivity contribution < 1.29 is 14.3 Å². The van der Waals surface area contributed by atoms with E-state index in [1.165, 1.54) is 0 Å². The smallest absolute Gasteiger partial charge is 0.306 e. The third-order valence-electron chi connectivity index (χ3n) is 4.56. The Morgan fingerprint density at radius 1 is 1.27 bits per heavy atom. The van der Waals surface area contributed by atoms with Gasteiger partial charge in [0.1, 0.15) is 11.9 Å². The third kappa shape index (κ3) is 1.25. The highest BCUT2D eigenvalue weighted by Gasteiger charge is 2.56. The first-order chi connectivity index (χ1) is 7.21. The zero-order valence-corrected chi connectivity index (χ0v) is 8.83. The fraction of sp³-hybridized carbons (Fsp3) is 0.833. The fourth-order valence-electron chi connectivity index (χ4n) is 3.80. The molecule has 82 valence electrons. The average Bonchev–Trinajstić information content (AvgIpc) is 2.52. The van der Waals surface area contributed by atoms with Gasteiger partial charge >= 0.3 is 5.97 Å². The second kappa shape index (κ2) is 3.06. The Labute approximate surface area is 89.2 Å². The standard InChI is InChI=1S/C12H16O3/c13-9-4-5-12-7-11(14)15-10(12)3-1-2-8(12)6-9/h8,10H,1-7H2. The average molecular weight is 208 g/mol. The summed E-state index contributed by atoms with van der Waals surface area (Å²) in [4.78, 5) is 22.9. The lowest BCUT2D eigenvalue weighted by molar-refractivity contribution is -0.143. The summed E-state index contributed by atoms with van der Waals surface area (Å²) in [7, 11) is 0. The monoisotopic (exact) mass is 208 g/mol. The first-order valence-electron chi connectivity index (χ1n) is 5.92. The Hall–Kier alpha value is -0.860. The molecular formula is C12H16O3. The van der Waals surface area contributed by atoms with Crippen molar-refractivity contribution in [3.8, 4) is 0 Å². The molecule has 2 saturated carbocycles. The lowest BCUT2D eigenvalue weighted by Gasteiger charge is -2.46. The highest BCUT2D eigenvalue weighted by atomic mass is 16.6. The van der Waals surface area contributed by atoms with Crippen molar-refractivity contribution in [3.05, 3.63) is 0 Å². The van der Waals surface area contributed by atoms with Crippen molar-refractivity contribution in [1.82, 2.24) is 0 Å². The summed E-state index contributed by atoms with van der Waals surface area (Å²) in [5.41, 5.74) is 0.0449. The molecule has 3 heteroatoms. The minimum absolute atomic E-state index is 0.0405. The summed E-state index contributed by atoms with van der Waals surface area (Å²) >= 11 is 0. The van der Waals surface area contributed by atoms with Gasteiger partial charge in [-0.3, -0.25) is 9.59 Å². The van der Waals surface area contributed by atoms with Crippen LogP contribution in [-0.4, -0.2) is 17.9 Å². The van der Waals surface area contributed by atoms with E-state index in [2.05, 4.69) is 0 Å². The third-order valence-corrected chi connectivity index (χ3v) is 4.56. The molecule has 0 aromatic rings. The van der Waals surface area contributed by atoms with Crippen molar-refractivity contribution in [2.75, 3.05) is 0 Å². The van der Waals surface area contributed by atoms with Gasteiger partial charge in [-0.1, -0.05) is 0 Å². The van der Waals surface area contributed by atoms with Crippen molar-refractivity contribution in [2.45, 2.75) is 51.0 Å². The maximum atomic E-state index is 11.5. The van der Waals surface area contributed by atoms with Crippen LogP contribution in [0.5, 0.6) is 0 Å². The number of ketones is 1. The van der Waals surface area contributed by atoms with E-state index in [0.29, 0.717) is 31.0 Å². The number of carbonyl (C=O) groups excluding carboxylic acids is 2. The predicted octanol–water partition coefficient (Wildman–Crippen LogP) is 1.84. The van der Waals surface area contributed by atoms with Crippen molar-refractivity contribution in [2.24, 2.45) is 11.3 Å². The predicted molar refractivity (Wildman–Crippen MR) is 53.1 cm³/mol. The van der Waals surface area contributed by atoms with E-state index >= 15 is 0 Å². The van der Waals surface area contributed by atoms with Gasteiger partial charge in [-0.05, 0) is 31.6 Å². The molecule has 0 bridgehead atoms. The van der Waals surface area contributed by atoms with Crippen LogP contribution in [0.25, 0.3) is 0 Å². The minimum atomic E-state index is -0.0405. The molecular weight excluding hydrogens is 192 g/mol. The van der Waals surface area contributed by atoms with Crippen LogP contribution >= 0.6 is 0 Å². The molecule has 3 nitrogen and oxygen atoms in total. The SMILES string of the molecule is O=C1CCC23CC(=O)OC2CCCC3C1. The first kappa shape index (κ1) is 9.37. The Morgan fingerprint density at radius 2 is 2.13 bits per heavy atom. The Kier molecular flexibility index (Phi) is 1.91. The largest absolute Gasteiger partial charge is 0.462 e. The van der Waals surface area contributed by atoms with Gasteiger partial charge in [0.25, 0.3) is 0 Å². The van der Waals surface area contributed by atoms with Crippen LogP contribution in [0.1, 0.15) is 44.9 Å². The van der Waals surface area contributed by atoms with E-state index in [9.17, 15) is 9.59 Å². The number of carbonyl (C=O) groups is 2. The molecule has 2 aliphatic carbocycles. The molecule has 3 unspecified atom stereocenters. The molecule has 0 amide bonds. The zero-order chi connectivity index (χ0) is 10.5. The molecule has 1 aliphatic heterocycles. The highest BCUT2D eigenvalue weighted by Crippen LogP contribution is 2.55. The molecule has 15 heavy (non-hydrogen) atoms. The lowest BCUT2D eigenvalue weighted by atomic mass is 9.57. The quantitative estimate of drug-likeness (QED) is 0.570. The van der Waals surface area contributed by atoms with Gasteiger partial charge in [0.05, 0.1) is 6.42 Å². The molecule has 1 spiro atoms. The van der Waals surface area contributed by atoms with Crippen LogP contribution in [0.4, 0.5) is 0 Å². The summed E-state index contributed by atoms with van der Waals surface area (Å²) in [5, 5.41) is 0. The van der Waals surface area contributed by atoms with E-state index in [1.54, 1.807) is 0 Å². The van der Waals surface area contributed by atoms with E-state index in [1.807, 2.05) is 0 Å². The molecule has 1 saturated heterocycles. The fourth-order valence-corrected chi connectivity index (χ4v) is 3.80. The van der Waals surface area contributed by atoms with Crippen LogP contribution in [0, 0.1) is 11.3 Å². The van der Waals surface area contributed by atoms with Crippen molar-refractivity contribution in [3.63, 3.8) is 0 Å². The van der Waals surface area contributed by atoms with Gasteiger partial charge < -0.3 is 4.74 Å². The highest BCUT2D eigenvalue weighted by molar-refractivity contribution is 5.81. The molecule has 1 heterocycles. The van der Waals surface area contributed by atoms with Gasteiger partial charge in [0.2, 0.25) is 0 Å². The minimum Gasteiger partial charge on any atom is -0.462 e. The molecule has 3 fully saturated rings. The molecule has 0 radical (unpaired) electrons. The van der Waals surface area contributed by atoms with Crippen LogP contribution in [0.2, 0.25) is 0 Å². The van der Waals surface area contributed by atoms with Crippen molar-refractivity contribution >= 4 is 11.8 Å². The van der Waals surface area contributed by atoms with E-state index in [-0.39, 0.29) is 17.5 Å². The van der Waals surface area contributed by atoms with E-state index in [0.717, 1.165) is 25.7 Å². The normalized spacial score (nSPS) is 44.5. The lowest BCUT2D eigenvalue weighted by Crippen LogP contribution is -2.45. The van der Waals surface area contributed by atoms with Crippen LogP contribution < -0.4 is 0 Å². The molecule has 0 aromatic heterocycles. The second-order valence-corrected chi connectivity index (χ2v) is 5.26. The summed E-state index contributed by atoms with van der Waals surface area (Å²) in [6.07, 6.45) is 6.14. The Balaban J connectivity index is 1.93. The number of esters is 1. The van der Waals surface area contributed by atoms with Crippen molar-refractivity contribution in [1.29, 1.82) is 0 Å². The zero-order valence-electron chi connectivity index (χ0n) is 8.83. The van der Waals surface area contributed by atoms with Gasteiger partial charge in [-0.15, -0.1) is 0 Å². The molecule has 3 aliphatic rings. The van der Waals surface area contributed by atoms with Crippen LogP contribution in [0.15, 0.2) is 0 Å². The summed E-state index contributed by atoms with van der Waals surface area (Å²) < 4.78 is 5.41. The summed E-state index contributed by atoms with van der Waals surface area (Å²) in [6, 6.07) is 0. The molecule has 0 N–H and O–H groups in total. The number of Topliss-reactive ketones (excluding diaryl/α,β-unsaturated/α-hetero) is 1. The van der Waals surface area contributed by atoms with E-state index < -0.39 is 0 Å². The number of ether oxygens (including phenoxy) is 1. The van der Waals surface area contributed by atoms with E-state index in [4.69, 9.17) is 4.74 Å². The number of rotatable bonds is 0. The van der Waals surface area contributed by atoms with Gasteiger partial charge in [-0.25, -0.2) is 0 Å². The van der Waals surface area contributed by atoms with Gasteiger partial charge in [0.15, 0.2) is 0 Å².